The maximum absolute atomic E-state index is 4.94. The molecule has 0 unspecified atom stereocenters. The van der Waals surface area contributed by atoms with E-state index in [1.807, 2.05) is 24.0 Å². The van der Waals surface area contributed by atoms with E-state index in [4.69, 9.17) is 10.1 Å². The third-order valence-electron chi connectivity index (χ3n) is 6.62. The van der Waals surface area contributed by atoms with Crippen LogP contribution in [0.2, 0.25) is 0 Å². The highest BCUT2D eigenvalue weighted by atomic mass is 15.3. The third kappa shape index (κ3) is 4.64. The van der Waals surface area contributed by atoms with Gasteiger partial charge in [0.05, 0.1) is 11.4 Å². The van der Waals surface area contributed by atoms with Gasteiger partial charge >= 0.3 is 0 Å². The van der Waals surface area contributed by atoms with E-state index in [1.165, 1.54) is 49.0 Å². The van der Waals surface area contributed by atoms with Gasteiger partial charge in [-0.05, 0) is 50.3 Å². The first-order valence-electron chi connectivity index (χ1n) is 11.6. The van der Waals surface area contributed by atoms with Gasteiger partial charge in [0.1, 0.15) is 0 Å². The molecule has 2 aromatic heterocycles. The molecule has 0 saturated carbocycles. The lowest BCUT2D eigenvalue weighted by Gasteiger charge is -2.32. The minimum Gasteiger partial charge on any atom is -0.341 e. The molecular weight excluding hydrogens is 384 g/mol. The van der Waals surface area contributed by atoms with E-state index in [-0.39, 0.29) is 0 Å². The van der Waals surface area contributed by atoms with Crippen molar-refractivity contribution in [3.8, 4) is 11.3 Å². The van der Waals surface area contributed by atoms with Gasteiger partial charge in [0, 0.05) is 57.1 Å². The SMILES string of the molecule is Cn1cc(-c2ccnc(N3CCCC3)n2)c([C@@H]2CCCN(CCc3ccccc3)C2)n1. The van der Waals surface area contributed by atoms with E-state index in [0.717, 1.165) is 44.2 Å². The van der Waals surface area contributed by atoms with Gasteiger partial charge in [-0.25, -0.2) is 9.97 Å². The molecule has 0 spiro atoms. The molecule has 6 nitrogen and oxygen atoms in total. The molecular formula is C25H32N6. The number of rotatable bonds is 6. The zero-order valence-corrected chi connectivity index (χ0v) is 18.5. The van der Waals surface area contributed by atoms with E-state index in [9.17, 15) is 0 Å². The molecule has 6 heteroatoms. The zero-order chi connectivity index (χ0) is 21.0. The average molecular weight is 417 g/mol. The largest absolute Gasteiger partial charge is 0.341 e. The number of hydrogen-bond donors (Lipinski definition) is 0. The first-order valence-corrected chi connectivity index (χ1v) is 11.6. The van der Waals surface area contributed by atoms with Crippen molar-refractivity contribution in [1.82, 2.24) is 24.6 Å². The van der Waals surface area contributed by atoms with Gasteiger partial charge in [-0.15, -0.1) is 0 Å². The summed E-state index contributed by atoms with van der Waals surface area (Å²) in [4.78, 5) is 14.4. The fourth-order valence-electron chi connectivity index (χ4n) is 4.99. The summed E-state index contributed by atoms with van der Waals surface area (Å²) in [6, 6.07) is 12.8. The number of nitrogens with zero attached hydrogens (tertiary/aromatic N) is 6. The molecule has 31 heavy (non-hydrogen) atoms. The van der Waals surface area contributed by atoms with Gasteiger partial charge < -0.3 is 9.80 Å². The molecule has 1 atom stereocenters. The smallest absolute Gasteiger partial charge is 0.225 e. The summed E-state index contributed by atoms with van der Waals surface area (Å²) in [5.74, 6) is 1.31. The van der Waals surface area contributed by atoms with Crippen molar-refractivity contribution in [2.45, 2.75) is 38.0 Å². The van der Waals surface area contributed by atoms with Crippen LogP contribution in [0.4, 0.5) is 5.95 Å². The van der Waals surface area contributed by atoms with Crippen LogP contribution < -0.4 is 4.90 Å². The lowest BCUT2D eigenvalue weighted by molar-refractivity contribution is 0.208. The maximum atomic E-state index is 4.94. The molecule has 1 aromatic carbocycles. The molecule has 0 aliphatic carbocycles. The van der Waals surface area contributed by atoms with Crippen molar-refractivity contribution < 1.29 is 0 Å². The monoisotopic (exact) mass is 416 g/mol. The normalized spacial score (nSPS) is 19.8. The summed E-state index contributed by atoms with van der Waals surface area (Å²) in [6.07, 6.45) is 10.0. The number of hydrogen-bond acceptors (Lipinski definition) is 5. The Hall–Kier alpha value is -2.73. The van der Waals surface area contributed by atoms with Crippen LogP contribution in [0.5, 0.6) is 0 Å². The molecule has 2 aliphatic heterocycles. The molecule has 162 valence electrons. The minimum atomic E-state index is 0.450. The van der Waals surface area contributed by atoms with Crippen molar-refractivity contribution in [2.75, 3.05) is 37.6 Å². The number of aryl methyl sites for hydroxylation is 1. The predicted molar refractivity (Wildman–Crippen MR) is 124 cm³/mol. The molecule has 3 aromatic rings. The number of piperidine rings is 1. The average Bonchev–Trinajstić information content (AvgIpc) is 3.49. The molecule has 2 saturated heterocycles. The molecule has 0 radical (unpaired) electrons. The summed E-state index contributed by atoms with van der Waals surface area (Å²) in [5.41, 5.74) is 4.78. The van der Waals surface area contributed by atoms with Gasteiger partial charge in [0.2, 0.25) is 5.95 Å². The van der Waals surface area contributed by atoms with Crippen LogP contribution in [-0.2, 0) is 13.5 Å². The fourth-order valence-corrected chi connectivity index (χ4v) is 4.99. The Labute approximate surface area is 184 Å². The maximum Gasteiger partial charge on any atom is 0.225 e. The third-order valence-corrected chi connectivity index (χ3v) is 6.62. The van der Waals surface area contributed by atoms with Crippen molar-refractivity contribution in [3.05, 3.63) is 60.0 Å². The number of likely N-dealkylation sites (tertiary alicyclic amines) is 1. The van der Waals surface area contributed by atoms with Gasteiger partial charge in [0.15, 0.2) is 0 Å². The van der Waals surface area contributed by atoms with Gasteiger partial charge in [-0.1, -0.05) is 30.3 Å². The van der Waals surface area contributed by atoms with Gasteiger partial charge in [-0.3, -0.25) is 4.68 Å². The van der Waals surface area contributed by atoms with Gasteiger partial charge in [-0.2, -0.15) is 5.10 Å². The lowest BCUT2D eigenvalue weighted by Crippen LogP contribution is -2.36. The van der Waals surface area contributed by atoms with Crippen LogP contribution in [-0.4, -0.2) is 57.4 Å². The topological polar surface area (TPSA) is 50.1 Å². The summed E-state index contributed by atoms with van der Waals surface area (Å²) in [6.45, 7) is 5.47. The van der Waals surface area contributed by atoms with Crippen LogP contribution in [0, 0.1) is 0 Å². The minimum absolute atomic E-state index is 0.450. The van der Waals surface area contributed by atoms with E-state index in [1.54, 1.807) is 0 Å². The molecule has 0 N–H and O–H groups in total. The summed E-state index contributed by atoms with van der Waals surface area (Å²) in [5, 5.41) is 4.91. The number of aromatic nitrogens is 4. The highest BCUT2D eigenvalue weighted by Crippen LogP contribution is 2.33. The Morgan fingerprint density at radius 2 is 1.84 bits per heavy atom. The Balaban J connectivity index is 1.33. The van der Waals surface area contributed by atoms with Crippen LogP contribution in [0.25, 0.3) is 11.3 Å². The van der Waals surface area contributed by atoms with Crippen molar-refractivity contribution in [1.29, 1.82) is 0 Å². The molecule has 0 amide bonds. The highest BCUT2D eigenvalue weighted by Gasteiger charge is 2.27. The standard InChI is InChI=1S/C25H32N6/c1-29-19-22(23-11-13-26-25(27-23)31-15-5-6-16-31)24(28-29)21-10-7-14-30(18-21)17-12-20-8-3-2-4-9-20/h2-4,8-9,11,13,19,21H,5-7,10,12,14-18H2,1H3/t21-/m1/s1. The van der Waals surface area contributed by atoms with Crippen LogP contribution in [0.15, 0.2) is 48.8 Å². The Morgan fingerprint density at radius 3 is 2.68 bits per heavy atom. The molecule has 0 bridgehead atoms. The molecule has 5 rings (SSSR count). The fraction of sp³-hybridized carbons (Fsp3) is 0.480. The highest BCUT2D eigenvalue weighted by molar-refractivity contribution is 5.63. The molecule has 2 aliphatic rings. The van der Waals surface area contributed by atoms with Crippen molar-refractivity contribution in [2.24, 2.45) is 7.05 Å². The quantitative estimate of drug-likeness (QED) is 0.610. The second kappa shape index (κ2) is 9.18. The van der Waals surface area contributed by atoms with E-state index >= 15 is 0 Å². The van der Waals surface area contributed by atoms with Crippen LogP contribution in [0.3, 0.4) is 0 Å². The zero-order valence-electron chi connectivity index (χ0n) is 18.5. The second-order valence-corrected chi connectivity index (χ2v) is 8.91. The Kier molecular flexibility index (Phi) is 5.98. The first-order chi connectivity index (χ1) is 15.3. The van der Waals surface area contributed by atoms with E-state index < -0.39 is 0 Å². The number of anilines is 1. The van der Waals surface area contributed by atoms with Crippen LogP contribution >= 0.6 is 0 Å². The number of benzene rings is 1. The molecule has 4 heterocycles. The predicted octanol–water partition coefficient (Wildman–Crippen LogP) is 3.90. The Morgan fingerprint density at radius 1 is 1.00 bits per heavy atom. The summed E-state index contributed by atoms with van der Waals surface area (Å²) in [7, 11) is 2.02. The van der Waals surface area contributed by atoms with Crippen molar-refractivity contribution >= 4 is 5.95 Å². The van der Waals surface area contributed by atoms with Crippen molar-refractivity contribution in [3.63, 3.8) is 0 Å². The lowest BCUT2D eigenvalue weighted by atomic mass is 9.91. The molecule has 2 fully saturated rings. The summed E-state index contributed by atoms with van der Waals surface area (Å²) < 4.78 is 1.95. The second-order valence-electron chi connectivity index (χ2n) is 8.91. The Bertz CT molecular complexity index is 992. The summed E-state index contributed by atoms with van der Waals surface area (Å²) >= 11 is 0. The van der Waals surface area contributed by atoms with E-state index in [0.29, 0.717) is 5.92 Å². The van der Waals surface area contributed by atoms with E-state index in [2.05, 4.69) is 51.3 Å². The van der Waals surface area contributed by atoms with Crippen LogP contribution in [0.1, 0.15) is 42.9 Å². The van der Waals surface area contributed by atoms with Gasteiger partial charge in [0.25, 0.3) is 0 Å². The first kappa shape index (κ1) is 20.2.